The van der Waals surface area contributed by atoms with Crippen molar-refractivity contribution < 1.29 is 13.9 Å². The van der Waals surface area contributed by atoms with Gasteiger partial charge in [0.25, 0.3) is 0 Å². The van der Waals surface area contributed by atoms with E-state index in [0.29, 0.717) is 17.2 Å². The lowest BCUT2D eigenvalue weighted by Gasteiger charge is -2.16. The number of nitrogens with one attached hydrogen (secondary N) is 1. The van der Waals surface area contributed by atoms with E-state index < -0.39 is 5.25 Å². The summed E-state index contributed by atoms with van der Waals surface area (Å²) in [6.45, 7) is 1.68. The van der Waals surface area contributed by atoms with Crippen LogP contribution in [0, 0.1) is 22.7 Å². The molecular formula is C21H17N5O3S. The number of nitriles is 2. The fraction of sp³-hybridized carbons (Fsp3) is 0.143. The molecule has 3 N–H and O–H groups in total. The zero-order valence-electron chi connectivity index (χ0n) is 16.2. The number of carbonyl (C=O) groups is 1. The van der Waals surface area contributed by atoms with Gasteiger partial charge in [0.15, 0.2) is 0 Å². The Morgan fingerprint density at radius 3 is 2.60 bits per heavy atom. The van der Waals surface area contributed by atoms with Gasteiger partial charge in [0.2, 0.25) is 5.91 Å². The quantitative estimate of drug-likeness (QED) is 0.575. The Labute approximate surface area is 177 Å². The number of hydrogen-bond donors (Lipinski definition) is 2. The molecular weight excluding hydrogens is 402 g/mol. The van der Waals surface area contributed by atoms with E-state index in [2.05, 4.69) is 16.4 Å². The molecule has 1 amide bonds. The van der Waals surface area contributed by atoms with E-state index >= 15 is 0 Å². The van der Waals surface area contributed by atoms with Gasteiger partial charge < -0.3 is 20.2 Å². The number of methoxy groups -OCH3 is 1. The molecule has 0 radical (unpaired) electrons. The van der Waals surface area contributed by atoms with Crippen LogP contribution in [0.1, 0.15) is 18.1 Å². The van der Waals surface area contributed by atoms with Crippen LogP contribution in [0.5, 0.6) is 5.75 Å². The smallest absolute Gasteiger partial charge is 0.237 e. The van der Waals surface area contributed by atoms with E-state index in [1.54, 1.807) is 43.3 Å². The highest BCUT2D eigenvalue weighted by Gasteiger charge is 2.25. The number of rotatable bonds is 6. The van der Waals surface area contributed by atoms with E-state index in [-0.39, 0.29) is 33.4 Å². The molecule has 30 heavy (non-hydrogen) atoms. The number of aromatic nitrogens is 1. The van der Waals surface area contributed by atoms with Crippen LogP contribution in [0.2, 0.25) is 0 Å². The van der Waals surface area contributed by atoms with Crippen molar-refractivity contribution >= 4 is 29.2 Å². The summed E-state index contributed by atoms with van der Waals surface area (Å²) in [4.78, 5) is 16.9. The van der Waals surface area contributed by atoms with E-state index in [4.69, 9.17) is 14.9 Å². The molecule has 0 bridgehead atoms. The Morgan fingerprint density at radius 1 is 1.23 bits per heavy atom. The SMILES string of the molecule is COc1ccccc1NC(=O)C(C)Sc1nc(N)c(C#N)c(-c2ccco2)c1C#N. The first kappa shape index (κ1) is 20.8. The Kier molecular flexibility index (Phi) is 6.26. The monoisotopic (exact) mass is 419 g/mol. The molecule has 0 aliphatic rings. The molecule has 3 aromatic rings. The van der Waals surface area contributed by atoms with Gasteiger partial charge in [-0.25, -0.2) is 4.98 Å². The second-order valence-electron chi connectivity index (χ2n) is 6.08. The van der Waals surface area contributed by atoms with Crippen molar-refractivity contribution in [2.45, 2.75) is 17.2 Å². The molecule has 0 saturated heterocycles. The number of nitrogens with two attached hydrogens (primary N) is 1. The molecule has 8 nitrogen and oxygen atoms in total. The highest BCUT2D eigenvalue weighted by atomic mass is 32.2. The predicted octanol–water partition coefficient (Wildman–Crippen LogP) is 3.80. The maximum atomic E-state index is 12.7. The molecule has 9 heteroatoms. The van der Waals surface area contributed by atoms with Gasteiger partial charge in [0, 0.05) is 0 Å². The number of thioether (sulfide) groups is 1. The molecule has 3 rings (SSSR count). The number of hydrogen-bond acceptors (Lipinski definition) is 8. The summed E-state index contributed by atoms with van der Waals surface area (Å²) in [6, 6.07) is 14.3. The van der Waals surface area contributed by atoms with Gasteiger partial charge in [0.1, 0.15) is 40.1 Å². The summed E-state index contributed by atoms with van der Waals surface area (Å²) in [6.07, 6.45) is 1.43. The highest BCUT2D eigenvalue weighted by Crippen LogP contribution is 2.37. The molecule has 0 spiro atoms. The average Bonchev–Trinajstić information content (AvgIpc) is 3.28. The van der Waals surface area contributed by atoms with Gasteiger partial charge in [-0.3, -0.25) is 4.79 Å². The fourth-order valence-electron chi connectivity index (χ4n) is 2.75. The van der Waals surface area contributed by atoms with Crippen LogP contribution in [-0.4, -0.2) is 23.3 Å². The third-order valence-corrected chi connectivity index (χ3v) is 5.29. The number of nitrogens with zero attached hydrogens (tertiary/aromatic N) is 3. The van der Waals surface area contributed by atoms with Crippen LogP contribution >= 0.6 is 11.8 Å². The van der Waals surface area contributed by atoms with Gasteiger partial charge in [0.05, 0.1) is 35.4 Å². The van der Waals surface area contributed by atoms with Gasteiger partial charge in [-0.15, -0.1) is 0 Å². The Hall–Kier alpha value is -3.95. The molecule has 0 aliphatic heterocycles. The van der Waals surface area contributed by atoms with Crippen molar-refractivity contribution in [3.63, 3.8) is 0 Å². The first-order chi connectivity index (χ1) is 14.5. The largest absolute Gasteiger partial charge is 0.495 e. The van der Waals surface area contributed by atoms with E-state index in [1.165, 1.54) is 13.4 Å². The topological polar surface area (TPSA) is 138 Å². The van der Waals surface area contributed by atoms with Crippen LogP contribution in [0.4, 0.5) is 11.5 Å². The third-order valence-electron chi connectivity index (χ3n) is 4.21. The molecule has 0 aliphatic carbocycles. The van der Waals surface area contributed by atoms with Crippen molar-refractivity contribution in [2.75, 3.05) is 18.2 Å². The summed E-state index contributed by atoms with van der Waals surface area (Å²) in [7, 11) is 1.52. The Morgan fingerprint density at radius 2 is 1.97 bits per heavy atom. The summed E-state index contributed by atoms with van der Waals surface area (Å²) >= 11 is 1.06. The second-order valence-corrected chi connectivity index (χ2v) is 7.41. The van der Waals surface area contributed by atoms with Crippen molar-refractivity contribution in [3.8, 4) is 29.2 Å². The summed E-state index contributed by atoms with van der Waals surface area (Å²) in [5.41, 5.74) is 6.93. The molecule has 0 saturated carbocycles. The minimum atomic E-state index is -0.619. The molecule has 0 fully saturated rings. The Balaban J connectivity index is 1.94. The predicted molar refractivity (Wildman–Crippen MR) is 113 cm³/mol. The average molecular weight is 419 g/mol. The number of amides is 1. The number of para-hydroxylation sites is 2. The molecule has 1 unspecified atom stereocenters. The van der Waals surface area contributed by atoms with Crippen LogP contribution in [-0.2, 0) is 4.79 Å². The summed E-state index contributed by atoms with van der Waals surface area (Å²) < 4.78 is 10.6. The lowest BCUT2D eigenvalue weighted by atomic mass is 10.0. The van der Waals surface area contributed by atoms with Crippen LogP contribution in [0.15, 0.2) is 52.1 Å². The number of benzene rings is 1. The summed E-state index contributed by atoms with van der Waals surface area (Å²) in [5, 5.41) is 21.7. The number of nitrogen functional groups attached to an aromatic ring is 1. The van der Waals surface area contributed by atoms with Gasteiger partial charge in [-0.2, -0.15) is 10.5 Å². The number of anilines is 2. The number of ether oxygens (including phenoxy) is 1. The molecule has 150 valence electrons. The number of pyridine rings is 1. The standard InChI is InChI=1S/C21H17N5O3S/c1-12(20(27)25-15-6-3-4-7-16(15)28-2)30-21-14(11-23)18(17-8-5-9-29-17)13(10-22)19(24)26-21/h3-9,12H,1-2H3,(H2,24,26)(H,25,27). The van der Waals surface area contributed by atoms with Crippen molar-refractivity contribution in [3.05, 3.63) is 53.8 Å². The normalized spacial score (nSPS) is 11.2. The Bertz CT molecular complexity index is 1160. The maximum absolute atomic E-state index is 12.7. The van der Waals surface area contributed by atoms with E-state index in [0.717, 1.165) is 11.8 Å². The summed E-state index contributed by atoms with van der Waals surface area (Å²) in [5.74, 6) is 0.507. The van der Waals surface area contributed by atoms with Crippen molar-refractivity contribution in [2.24, 2.45) is 0 Å². The van der Waals surface area contributed by atoms with Crippen LogP contribution < -0.4 is 15.8 Å². The van der Waals surface area contributed by atoms with E-state index in [1.807, 2.05) is 6.07 Å². The lowest BCUT2D eigenvalue weighted by molar-refractivity contribution is -0.115. The molecule has 1 aromatic carbocycles. The van der Waals surface area contributed by atoms with Crippen LogP contribution in [0.3, 0.4) is 0 Å². The first-order valence-electron chi connectivity index (χ1n) is 8.78. The minimum Gasteiger partial charge on any atom is -0.495 e. The third kappa shape index (κ3) is 4.07. The highest BCUT2D eigenvalue weighted by molar-refractivity contribution is 8.00. The number of furan rings is 1. The fourth-order valence-corrected chi connectivity index (χ4v) is 3.67. The lowest BCUT2D eigenvalue weighted by Crippen LogP contribution is -2.23. The molecule has 2 heterocycles. The van der Waals surface area contributed by atoms with Crippen molar-refractivity contribution in [1.82, 2.24) is 4.98 Å². The second kappa shape index (κ2) is 9.03. The zero-order valence-corrected chi connectivity index (χ0v) is 17.0. The van der Waals surface area contributed by atoms with Gasteiger partial charge in [-0.1, -0.05) is 23.9 Å². The number of carbonyl (C=O) groups excluding carboxylic acids is 1. The van der Waals surface area contributed by atoms with Gasteiger partial charge >= 0.3 is 0 Å². The van der Waals surface area contributed by atoms with E-state index in [9.17, 15) is 15.3 Å². The molecule has 2 aromatic heterocycles. The molecule has 1 atom stereocenters. The van der Waals surface area contributed by atoms with Crippen molar-refractivity contribution in [1.29, 1.82) is 10.5 Å². The van der Waals surface area contributed by atoms with Crippen LogP contribution in [0.25, 0.3) is 11.3 Å². The maximum Gasteiger partial charge on any atom is 0.237 e. The first-order valence-corrected chi connectivity index (χ1v) is 9.66. The minimum absolute atomic E-state index is 0.0391. The van der Waals surface area contributed by atoms with Gasteiger partial charge in [-0.05, 0) is 31.2 Å². The zero-order chi connectivity index (χ0) is 21.7.